The van der Waals surface area contributed by atoms with E-state index in [1.165, 1.54) is 48.0 Å². The average molecular weight is 1280 g/mol. The first-order valence-corrected chi connectivity index (χ1v) is 31.5. The monoisotopic (exact) mass is 1280 g/mol. The number of carboxylic acid groups (broad SMARTS) is 1. The smallest absolute Gasteiger partial charge is 0.410 e. The molecular formula is C69H82F2N10O12. The van der Waals surface area contributed by atoms with Crippen LogP contribution in [0.15, 0.2) is 109 Å². The van der Waals surface area contributed by atoms with Crippen LogP contribution in [0.5, 0.6) is 0 Å². The van der Waals surface area contributed by atoms with Gasteiger partial charge in [0.05, 0.1) is 30.9 Å². The quantitative estimate of drug-likeness (QED) is 0.0592. The average Bonchev–Trinajstić information content (AvgIpc) is 1.61. The number of hydrogen-bond acceptors (Lipinski definition) is 13. The first-order valence-electron chi connectivity index (χ1n) is 31.5. The van der Waals surface area contributed by atoms with Crippen molar-refractivity contribution in [3.63, 3.8) is 0 Å². The van der Waals surface area contributed by atoms with Crippen molar-refractivity contribution in [2.45, 2.75) is 122 Å². The number of piperazine rings is 1. The molecule has 0 radical (unpaired) electrons. The molecule has 7 atom stereocenters. The summed E-state index contributed by atoms with van der Waals surface area (Å²) in [6.45, 7) is 15.7. The zero-order valence-corrected chi connectivity index (χ0v) is 53.7. The predicted octanol–water partition coefficient (Wildman–Crippen LogP) is 8.01. The number of ether oxygens (including phenoxy) is 3. The van der Waals surface area contributed by atoms with Crippen LogP contribution in [-0.2, 0) is 56.6 Å². The van der Waals surface area contributed by atoms with Crippen LogP contribution < -0.4 is 26.2 Å². The second kappa shape index (κ2) is 28.2. The highest BCUT2D eigenvalue weighted by Gasteiger charge is 2.49. The Labute approximate surface area is 539 Å². The maximum Gasteiger partial charge on any atom is 0.410 e. The number of nitrogens with one attached hydrogen (secondary N) is 4. The van der Waals surface area contributed by atoms with E-state index in [-0.39, 0.29) is 61.2 Å². The van der Waals surface area contributed by atoms with E-state index in [9.17, 15) is 47.9 Å². The molecule has 93 heavy (non-hydrogen) atoms. The van der Waals surface area contributed by atoms with E-state index >= 15 is 4.39 Å². The lowest BCUT2D eigenvalue weighted by molar-refractivity contribution is -0.144. The Hall–Kier alpha value is -8.84. The second-order valence-electron chi connectivity index (χ2n) is 26.2. The summed E-state index contributed by atoms with van der Waals surface area (Å²) >= 11 is 0. The summed E-state index contributed by atoms with van der Waals surface area (Å²) in [6.07, 6.45) is -0.489. The number of morpholine rings is 1. The molecule has 5 aromatic carbocycles. The zero-order chi connectivity index (χ0) is 66.6. The lowest BCUT2D eigenvalue weighted by atomic mass is 9.83. The summed E-state index contributed by atoms with van der Waals surface area (Å²) in [4.78, 5) is 122. The van der Waals surface area contributed by atoms with Gasteiger partial charge >= 0.3 is 12.2 Å². The molecule has 3 fully saturated rings. The highest BCUT2D eigenvalue weighted by molar-refractivity contribution is 6.08. The molecule has 5 unspecified atom stereocenters. The Balaban J connectivity index is 0.824. The fourth-order valence-corrected chi connectivity index (χ4v) is 12.9. The van der Waals surface area contributed by atoms with Gasteiger partial charge in [-0.05, 0) is 162 Å². The number of fused-ring (bicyclic) bond motifs is 2. The van der Waals surface area contributed by atoms with Crippen LogP contribution >= 0.6 is 0 Å². The number of anilines is 4. The third-order valence-electron chi connectivity index (χ3n) is 18.4. The highest BCUT2D eigenvalue weighted by atomic mass is 19.1. The molecule has 8 amide bonds. The number of hydrogen-bond donors (Lipinski definition) is 5. The molecule has 24 heteroatoms. The van der Waals surface area contributed by atoms with Gasteiger partial charge in [-0.3, -0.25) is 43.5 Å². The van der Waals surface area contributed by atoms with Crippen LogP contribution in [0.25, 0.3) is 0 Å². The van der Waals surface area contributed by atoms with Crippen molar-refractivity contribution in [1.82, 2.24) is 29.8 Å². The minimum Gasteiger partial charge on any atom is -0.465 e. The van der Waals surface area contributed by atoms with Crippen molar-refractivity contribution in [2.75, 3.05) is 93.6 Å². The molecule has 5 aromatic rings. The van der Waals surface area contributed by atoms with Crippen molar-refractivity contribution in [3.8, 4) is 0 Å². The first kappa shape index (κ1) is 67.1. The summed E-state index contributed by atoms with van der Waals surface area (Å²) < 4.78 is 46.5. The van der Waals surface area contributed by atoms with Crippen molar-refractivity contribution >= 4 is 70.4 Å². The van der Waals surface area contributed by atoms with Gasteiger partial charge in [-0.2, -0.15) is 0 Å². The van der Waals surface area contributed by atoms with Gasteiger partial charge in [-0.25, -0.2) is 18.4 Å². The third kappa shape index (κ3) is 15.3. The maximum atomic E-state index is 15.8. The number of carbonyl (C=O) groups excluding carboxylic acids is 7. The number of amides is 8. The molecule has 0 aromatic heterocycles. The van der Waals surface area contributed by atoms with E-state index < -0.39 is 88.6 Å². The van der Waals surface area contributed by atoms with Crippen LogP contribution in [0.4, 0.5) is 41.1 Å². The van der Waals surface area contributed by atoms with Crippen molar-refractivity contribution in [3.05, 3.63) is 154 Å². The van der Waals surface area contributed by atoms with E-state index in [0.717, 1.165) is 22.1 Å². The summed E-state index contributed by atoms with van der Waals surface area (Å²) in [6, 6.07) is 24.5. The van der Waals surface area contributed by atoms with Crippen molar-refractivity contribution in [2.24, 2.45) is 5.92 Å². The van der Waals surface area contributed by atoms with Crippen LogP contribution in [0.3, 0.4) is 0 Å². The number of benzene rings is 5. The molecule has 0 spiro atoms. The van der Waals surface area contributed by atoms with E-state index in [1.54, 1.807) is 93.3 Å². The van der Waals surface area contributed by atoms with Gasteiger partial charge in [0.2, 0.25) is 23.6 Å². The Kier molecular flexibility index (Phi) is 20.3. The Morgan fingerprint density at radius 1 is 0.785 bits per heavy atom. The van der Waals surface area contributed by atoms with Gasteiger partial charge in [-0.1, -0.05) is 48.5 Å². The van der Waals surface area contributed by atoms with Gasteiger partial charge in [0.1, 0.15) is 35.4 Å². The minimum atomic E-state index is -1.28. The van der Waals surface area contributed by atoms with Gasteiger partial charge in [0, 0.05) is 100 Å². The van der Waals surface area contributed by atoms with Crippen LogP contribution in [-0.4, -0.2) is 186 Å². The summed E-state index contributed by atoms with van der Waals surface area (Å²) in [5.41, 5.74) is 2.20. The van der Waals surface area contributed by atoms with Gasteiger partial charge in [-0.15, -0.1) is 0 Å². The van der Waals surface area contributed by atoms with Crippen LogP contribution in [0.1, 0.15) is 106 Å². The van der Waals surface area contributed by atoms with Crippen molar-refractivity contribution in [1.29, 1.82) is 0 Å². The zero-order valence-electron chi connectivity index (χ0n) is 53.7. The standard InChI is InChI=1S/C69H82F2N10O12/c1-41-34-78(52(37-79(41)66(88)89)36-77-27-30-92-39-42(77)2)38-58(82)81-40-69(7,54-23-15-45(32-57(54)81)31-44-13-17-49(70)18-14-44)65(87)73-51-21-19-50(20-22-51)72-62(84)47-16-24-55(71)56(33-47)74-63(85)60-53-12-10-9-11-48(53)35-80(60)64(86)59(46-25-28-91-29-26-46)75-61(83)43(3)76(8)67(90)93-68(4,5)6/h9-24,32-33,41-43,46,52,59-60H,25-31,34-40H2,1-8H3,(H,72,84)(H,73,87)(H,74,85)(H,75,83)(H,88,89)/t41?,42-,43?,52?,59?,60+,69?/m1/s1. The maximum absolute atomic E-state index is 15.8. The fraction of sp³-hybridized carbons (Fsp3) is 0.449. The largest absolute Gasteiger partial charge is 0.465 e. The highest BCUT2D eigenvalue weighted by Crippen LogP contribution is 2.43. The molecule has 0 bridgehead atoms. The molecule has 5 heterocycles. The van der Waals surface area contributed by atoms with Gasteiger partial charge in [0.15, 0.2) is 0 Å². The van der Waals surface area contributed by atoms with Crippen molar-refractivity contribution < 1.29 is 66.5 Å². The summed E-state index contributed by atoms with van der Waals surface area (Å²) in [7, 11) is 1.43. The number of carbonyl (C=O) groups is 8. The molecule has 0 aliphatic carbocycles. The molecule has 5 N–H and O–H groups in total. The Bertz CT molecular complexity index is 3640. The summed E-state index contributed by atoms with van der Waals surface area (Å²) in [5.74, 6) is -4.92. The molecule has 22 nitrogen and oxygen atoms in total. The Morgan fingerprint density at radius 3 is 2.16 bits per heavy atom. The number of rotatable bonds is 17. The minimum absolute atomic E-state index is 0.00770. The van der Waals surface area contributed by atoms with E-state index in [1.807, 2.05) is 30.0 Å². The van der Waals surface area contributed by atoms with Crippen LogP contribution in [0, 0.1) is 17.6 Å². The van der Waals surface area contributed by atoms with Gasteiger partial charge < -0.3 is 55.3 Å². The lowest BCUT2D eigenvalue weighted by Gasteiger charge is -2.47. The lowest BCUT2D eigenvalue weighted by Crippen LogP contribution is -2.64. The molecule has 10 rings (SSSR count). The topological polar surface area (TPSA) is 252 Å². The first-order chi connectivity index (χ1) is 44.2. The van der Waals surface area contributed by atoms with E-state index in [0.29, 0.717) is 99.1 Å². The molecule has 494 valence electrons. The molecule has 0 saturated carbocycles. The summed E-state index contributed by atoms with van der Waals surface area (Å²) in [5, 5.41) is 21.5. The number of nitrogens with zero attached hydrogens (tertiary/aromatic N) is 6. The van der Waals surface area contributed by atoms with E-state index in [2.05, 4.69) is 33.1 Å². The second-order valence-corrected chi connectivity index (χ2v) is 26.2. The van der Waals surface area contributed by atoms with Gasteiger partial charge in [0.25, 0.3) is 11.8 Å². The van der Waals surface area contributed by atoms with E-state index in [4.69, 9.17) is 14.2 Å². The molecule has 5 aliphatic heterocycles. The molecule has 3 saturated heterocycles. The molecular weight excluding hydrogens is 1200 g/mol. The Morgan fingerprint density at radius 2 is 1.47 bits per heavy atom. The predicted molar refractivity (Wildman–Crippen MR) is 343 cm³/mol. The number of likely N-dealkylation sites (N-methyl/N-ethyl adjacent to an activating group) is 1. The SMILES string of the molecule is CC(C(=O)NC(C(=O)N1Cc2ccccc2[C@H]1C(=O)Nc1cc(C(=O)Nc2ccc(NC(=O)C3(C)CN(C(=O)CN4CC(C)N(C(=O)O)CC4CN4CCOC[C@H]4C)c4cc(Cc5ccc(F)cc5)ccc43)cc2)ccc1F)C1CCOCC1)N(C)C(=O)OC(C)(C)C. The molecule has 5 aliphatic rings. The third-order valence-corrected chi connectivity index (χ3v) is 18.4. The normalized spacial score (nSPS) is 21.6. The number of halogens is 2. The van der Waals surface area contributed by atoms with Crippen LogP contribution in [0.2, 0.25) is 0 Å². The fourth-order valence-electron chi connectivity index (χ4n) is 12.9.